The molecule has 2 aromatic rings. The number of nitro groups is 1. The largest absolute Gasteiger partial charge is 0.496 e. The van der Waals surface area contributed by atoms with Crippen molar-refractivity contribution < 1.29 is 19.2 Å². The fourth-order valence-electron chi connectivity index (χ4n) is 3.63. The van der Waals surface area contributed by atoms with Gasteiger partial charge in [-0.05, 0) is 25.0 Å². The molecule has 0 radical (unpaired) electrons. The molecule has 9 heteroatoms. The summed E-state index contributed by atoms with van der Waals surface area (Å²) in [6.45, 7) is 1.07. The number of ether oxygens (including phenoxy) is 1. The summed E-state index contributed by atoms with van der Waals surface area (Å²) in [6.07, 6.45) is 1.60. The van der Waals surface area contributed by atoms with Crippen molar-refractivity contribution in [2.24, 2.45) is 0 Å². The molecule has 0 aromatic heterocycles. The van der Waals surface area contributed by atoms with Crippen LogP contribution in [0.25, 0.3) is 0 Å². The highest BCUT2D eigenvalue weighted by molar-refractivity contribution is 5.82. The summed E-state index contributed by atoms with van der Waals surface area (Å²) in [5.41, 5.74) is 1.09. The number of hydrogen-bond acceptors (Lipinski definition) is 6. The summed E-state index contributed by atoms with van der Waals surface area (Å²) in [6, 6.07) is 13.6. The average Bonchev–Trinajstić information content (AvgIpc) is 2.78. The summed E-state index contributed by atoms with van der Waals surface area (Å²) < 4.78 is 5.31. The molecule has 164 valence electrons. The van der Waals surface area contributed by atoms with Crippen LogP contribution in [0.15, 0.2) is 48.5 Å². The van der Waals surface area contributed by atoms with Gasteiger partial charge in [-0.3, -0.25) is 19.7 Å². The lowest BCUT2D eigenvalue weighted by atomic mass is 10.0. The van der Waals surface area contributed by atoms with Crippen LogP contribution in [0.1, 0.15) is 18.4 Å². The van der Waals surface area contributed by atoms with Crippen LogP contribution < -0.4 is 15.4 Å². The van der Waals surface area contributed by atoms with Gasteiger partial charge < -0.3 is 20.3 Å². The molecule has 0 aliphatic carbocycles. The Labute approximate surface area is 180 Å². The van der Waals surface area contributed by atoms with Gasteiger partial charge in [-0.25, -0.2) is 0 Å². The number of amides is 2. The first-order valence-electron chi connectivity index (χ1n) is 10.1. The van der Waals surface area contributed by atoms with Crippen LogP contribution in [-0.4, -0.2) is 54.4 Å². The fourth-order valence-corrected chi connectivity index (χ4v) is 3.63. The number of nitrogens with zero attached hydrogens (tertiary/aromatic N) is 2. The zero-order valence-corrected chi connectivity index (χ0v) is 17.4. The van der Waals surface area contributed by atoms with Gasteiger partial charge in [0.1, 0.15) is 11.4 Å². The molecule has 1 aliphatic heterocycles. The molecule has 31 heavy (non-hydrogen) atoms. The van der Waals surface area contributed by atoms with Crippen LogP contribution in [0.5, 0.6) is 5.75 Å². The van der Waals surface area contributed by atoms with Crippen molar-refractivity contribution in [2.45, 2.75) is 25.3 Å². The Bertz CT molecular complexity index is 941. The Morgan fingerprint density at radius 3 is 2.52 bits per heavy atom. The second kappa shape index (κ2) is 10.4. The van der Waals surface area contributed by atoms with Crippen LogP contribution in [0, 0.1) is 10.1 Å². The van der Waals surface area contributed by atoms with Gasteiger partial charge in [-0.15, -0.1) is 0 Å². The third-order valence-electron chi connectivity index (χ3n) is 5.29. The highest BCUT2D eigenvalue weighted by Gasteiger charge is 2.24. The van der Waals surface area contributed by atoms with Crippen molar-refractivity contribution >= 4 is 23.2 Å². The van der Waals surface area contributed by atoms with E-state index in [9.17, 15) is 19.7 Å². The van der Waals surface area contributed by atoms with Crippen LogP contribution in [0.3, 0.4) is 0 Å². The summed E-state index contributed by atoms with van der Waals surface area (Å²) >= 11 is 0. The highest BCUT2D eigenvalue weighted by Crippen LogP contribution is 2.23. The van der Waals surface area contributed by atoms with E-state index in [1.165, 1.54) is 6.07 Å². The number of carbonyl (C=O) groups excluding carboxylic acids is 2. The molecule has 0 bridgehead atoms. The number of benzene rings is 2. The zero-order chi connectivity index (χ0) is 22.2. The number of likely N-dealkylation sites (tertiary alicyclic amines) is 1. The number of piperidine rings is 1. The number of nitrogens with one attached hydrogen (secondary N) is 2. The number of hydrogen-bond donors (Lipinski definition) is 2. The Kier molecular flexibility index (Phi) is 7.42. The molecule has 0 atom stereocenters. The lowest BCUT2D eigenvalue weighted by Crippen LogP contribution is -2.48. The van der Waals surface area contributed by atoms with Gasteiger partial charge in [0.25, 0.3) is 5.69 Å². The summed E-state index contributed by atoms with van der Waals surface area (Å²) in [7, 11) is 1.59. The van der Waals surface area contributed by atoms with Crippen molar-refractivity contribution in [1.29, 1.82) is 0 Å². The maximum absolute atomic E-state index is 12.6. The smallest absolute Gasteiger partial charge is 0.292 e. The lowest BCUT2D eigenvalue weighted by molar-refractivity contribution is -0.383. The van der Waals surface area contributed by atoms with E-state index in [4.69, 9.17) is 4.74 Å². The number of rotatable bonds is 8. The van der Waals surface area contributed by atoms with Crippen molar-refractivity contribution in [2.75, 3.05) is 32.1 Å². The quantitative estimate of drug-likeness (QED) is 0.495. The van der Waals surface area contributed by atoms with E-state index < -0.39 is 4.92 Å². The Morgan fingerprint density at radius 2 is 1.81 bits per heavy atom. The van der Waals surface area contributed by atoms with E-state index in [-0.39, 0.29) is 36.5 Å². The molecule has 3 rings (SSSR count). The van der Waals surface area contributed by atoms with Crippen LogP contribution in [-0.2, 0) is 16.0 Å². The molecule has 2 N–H and O–H groups in total. The molecule has 1 heterocycles. The van der Waals surface area contributed by atoms with Crippen molar-refractivity contribution in [3.63, 3.8) is 0 Å². The first-order chi connectivity index (χ1) is 15.0. The number of carbonyl (C=O) groups is 2. The van der Waals surface area contributed by atoms with E-state index in [1.807, 2.05) is 24.3 Å². The van der Waals surface area contributed by atoms with Crippen molar-refractivity contribution in [3.8, 4) is 5.75 Å². The van der Waals surface area contributed by atoms with Gasteiger partial charge in [-0.2, -0.15) is 0 Å². The highest BCUT2D eigenvalue weighted by atomic mass is 16.6. The lowest BCUT2D eigenvalue weighted by Gasteiger charge is -2.32. The third-order valence-corrected chi connectivity index (χ3v) is 5.29. The molecule has 1 saturated heterocycles. The monoisotopic (exact) mass is 426 g/mol. The molecule has 0 unspecified atom stereocenters. The maximum Gasteiger partial charge on any atom is 0.292 e. The predicted octanol–water partition coefficient (Wildman–Crippen LogP) is 2.37. The van der Waals surface area contributed by atoms with Gasteiger partial charge in [-0.1, -0.05) is 30.3 Å². The second-order valence-electron chi connectivity index (χ2n) is 7.34. The van der Waals surface area contributed by atoms with Crippen LogP contribution >= 0.6 is 0 Å². The second-order valence-corrected chi connectivity index (χ2v) is 7.34. The summed E-state index contributed by atoms with van der Waals surface area (Å²) in [4.78, 5) is 37.2. The molecule has 1 fully saturated rings. The fraction of sp³-hybridized carbons (Fsp3) is 0.364. The minimum absolute atomic E-state index is 0.0321. The average molecular weight is 426 g/mol. The van der Waals surface area contributed by atoms with Crippen molar-refractivity contribution in [1.82, 2.24) is 10.2 Å². The van der Waals surface area contributed by atoms with Gasteiger partial charge in [0.05, 0.1) is 25.0 Å². The number of nitro benzene ring substituents is 1. The van der Waals surface area contributed by atoms with Gasteiger partial charge in [0.15, 0.2) is 0 Å². The number of para-hydroxylation sites is 3. The number of methoxy groups -OCH3 is 1. The molecule has 0 spiro atoms. The topological polar surface area (TPSA) is 114 Å². The number of anilines is 1. The minimum Gasteiger partial charge on any atom is -0.496 e. The summed E-state index contributed by atoms with van der Waals surface area (Å²) in [5.74, 6) is 0.494. The van der Waals surface area contributed by atoms with Crippen molar-refractivity contribution in [3.05, 3.63) is 64.2 Å². The van der Waals surface area contributed by atoms with E-state index in [2.05, 4.69) is 10.6 Å². The standard InChI is InChI=1S/C22H26N4O5/c1-31-20-9-5-2-6-16(20)14-22(28)25-12-10-17(11-13-25)24-21(27)15-23-18-7-3-4-8-19(18)26(29)30/h2-9,17,23H,10-15H2,1H3,(H,24,27). The Morgan fingerprint density at radius 1 is 1.13 bits per heavy atom. The van der Waals surface area contributed by atoms with E-state index in [1.54, 1.807) is 30.2 Å². The predicted molar refractivity (Wildman–Crippen MR) is 116 cm³/mol. The molecule has 9 nitrogen and oxygen atoms in total. The zero-order valence-electron chi connectivity index (χ0n) is 17.4. The Hall–Kier alpha value is -3.62. The molecular formula is C22H26N4O5. The van der Waals surface area contributed by atoms with Crippen LogP contribution in [0.2, 0.25) is 0 Å². The minimum atomic E-state index is -0.488. The molecule has 2 amide bonds. The first-order valence-corrected chi connectivity index (χ1v) is 10.1. The van der Waals surface area contributed by atoms with Crippen LogP contribution in [0.4, 0.5) is 11.4 Å². The maximum atomic E-state index is 12.6. The molecule has 0 saturated carbocycles. The van der Waals surface area contributed by atoms with Gasteiger partial charge >= 0.3 is 0 Å². The third kappa shape index (κ3) is 5.94. The van der Waals surface area contributed by atoms with E-state index in [0.29, 0.717) is 37.4 Å². The van der Waals surface area contributed by atoms with Gasteiger partial charge in [0, 0.05) is 30.8 Å². The SMILES string of the molecule is COc1ccccc1CC(=O)N1CCC(NC(=O)CNc2ccccc2[N+](=O)[O-])CC1. The summed E-state index contributed by atoms with van der Waals surface area (Å²) in [5, 5.41) is 16.8. The normalized spacial score (nSPS) is 14.0. The molecule has 1 aliphatic rings. The molecule has 2 aromatic carbocycles. The van der Waals surface area contributed by atoms with E-state index >= 15 is 0 Å². The van der Waals surface area contributed by atoms with Gasteiger partial charge in [0.2, 0.25) is 11.8 Å². The Balaban J connectivity index is 1.44. The van der Waals surface area contributed by atoms with E-state index in [0.717, 1.165) is 5.56 Å². The first kappa shape index (κ1) is 22.1. The molecular weight excluding hydrogens is 400 g/mol.